The second kappa shape index (κ2) is 18.1. The number of anilines is 1. The minimum atomic E-state index is -1.64. The maximum Gasteiger partial charge on any atom is 0.351 e. The number of hydrogen-bond acceptors (Lipinski definition) is 11. The standard InChI is InChI=1S/C26H41N6O8P/c1-8-21-23(40-41(38-15-12-28-7)32(18(2)3)19(4)5)24(37-17-36-16-35-14-9-11-27)25(39-21)31-13-10-22(29-20(6)33)30-26(31)34/h10,13,18-19,21,23-25H,8-9,12,14-17H2,1-6H3,(H,29,30,33,34)/t21-,23?,24+,25-,41?/m1/s1. The largest absolute Gasteiger partial charge is 0.354 e. The van der Waals surface area contributed by atoms with E-state index in [1.807, 2.05) is 40.7 Å². The second-order valence-corrected chi connectivity index (χ2v) is 11.0. The van der Waals surface area contributed by atoms with E-state index >= 15 is 0 Å². The smallest absolute Gasteiger partial charge is 0.351 e. The van der Waals surface area contributed by atoms with E-state index in [9.17, 15) is 9.59 Å². The van der Waals surface area contributed by atoms with E-state index in [0.717, 1.165) is 0 Å². The fourth-order valence-corrected chi connectivity index (χ4v) is 5.97. The molecule has 0 saturated carbocycles. The first-order valence-electron chi connectivity index (χ1n) is 13.5. The van der Waals surface area contributed by atoms with Gasteiger partial charge in [0.05, 0.1) is 25.2 Å². The third-order valence-electron chi connectivity index (χ3n) is 5.83. The van der Waals surface area contributed by atoms with Crippen molar-refractivity contribution in [1.29, 1.82) is 5.26 Å². The summed E-state index contributed by atoms with van der Waals surface area (Å²) < 4.78 is 39.3. The number of hydrogen-bond donors (Lipinski definition) is 1. The first-order valence-corrected chi connectivity index (χ1v) is 14.6. The summed E-state index contributed by atoms with van der Waals surface area (Å²) in [6.07, 6.45) is -0.637. The van der Waals surface area contributed by atoms with Gasteiger partial charge in [0.15, 0.2) is 6.23 Å². The van der Waals surface area contributed by atoms with Crippen molar-refractivity contribution in [2.75, 3.05) is 38.7 Å². The summed E-state index contributed by atoms with van der Waals surface area (Å²) in [5, 5.41) is 11.1. The molecule has 0 aromatic carbocycles. The predicted molar refractivity (Wildman–Crippen MR) is 150 cm³/mol. The van der Waals surface area contributed by atoms with Crippen LogP contribution in [0.1, 0.15) is 60.6 Å². The molecule has 2 heterocycles. The number of carbonyl (C=O) groups excluding carboxylic acids is 1. The van der Waals surface area contributed by atoms with Gasteiger partial charge in [-0.1, -0.05) is 6.92 Å². The third-order valence-corrected chi connectivity index (χ3v) is 7.96. The molecular formula is C26H41N6O8P. The van der Waals surface area contributed by atoms with Gasteiger partial charge in [-0.3, -0.25) is 9.36 Å². The molecule has 1 aliphatic rings. The van der Waals surface area contributed by atoms with Crippen LogP contribution in [-0.2, 0) is 32.8 Å². The highest BCUT2D eigenvalue weighted by molar-refractivity contribution is 7.44. The third kappa shape index (κ3) is 10.7. The van der Waals surface area contributed by atoms with Gasteiger partial charge in [-0.25, -0.2) is 16.0 Å². The second-order valence-electron chi connectivity index (χ2n) is 9.63. The zero-order chi connectivity index (χ0) is 30.4. The minimum Gasteiger partial charge on any atom is -0.354 e. The first kappa shape index (κ1) is 34.7. The molecular weight excluding hydrogens is 555 g/mol. The van der Waals surface area contributed by atoms with Crippen LogP contribution < -0.4 is 11.0 Å². The molecule has 228 valence electrons. The van der Waals surface area contributed by atoms with Crippen LogP contribution >= 0.6 is 8.53 Å². The predicted octanol–water partition coefficient (Wildman–Crippen LogP) is 3.42. The number of rotatable bonds is 18. The molecule has 2 rings (SSSR count). The summed E-state index contributed by atoms with van der Waals surface area (Å²) in [5.74, 6) is -0.235. The average molecular weight is 597 g/mol. The zero-order valence-electron chi connectivity index (χ0n) is 24.5. The van der Waals surface area contributed by atoms with Gasteiger partial charge in [-0.2, -0.15) is 10.2 Å². The van der Waals surface area contributed by atoms with Crippen LogP contribution in [0.25, 0.3) is 4.85 Å². The van der Waals surface area contributed by atoms with Gasteiger partial charge >= 0.3 is 5.69 Å². The van der Waals surface area contributed by atoms with E-state index in [-0.39, 0.29) is 63.6 Å². The Morgan fingerprint density at radius 3 is 2.59 bits per heavy atom. The molecule has 0 aliphatic carbocycles. The minimum absolute atomic E-state index is 0.0775. The van der Waals surface area contributed by atoms with Crippen molar-refractivity contribution in [2.45, 2.75) is 91.0 Å². The highest BCUT2D eigenvalue weighted by Crippen LogP contribution is 2.50. The van der Waals surface area contributed by atoms with Crippen molar-refractivity contribution < 1.29 is 32.8 Å². The first-order chi connectivity index (χ1) is 19.6. The van der Waals surface area contributed by atoms with Gasteiger partial charge < -0.3 is 38.2 Å². The highest BCUT2D eigenvalue weighted by Gasteiger charge is 2.49. The van der Waals surface area contributed by atoms with Gasteiger partial charge in [0.25, 0.3) is 8.53 Å². The van der Waals surface area contributed by atoms with Crippen LogP contribution in [0.3, 0.4) is 0 Å². The number of nitriles is 1. The molecule has 1 saturated heterocycles. The Kier molecular flexibility index (Phi) is 15.3. The molecule has 14 nitrogen and oxygen atoms in total. The van der Waals surface area contributed by atoms with Crippen LogP contribution in [0.15, 0.2) is 17.1 Å². The van der Waals surface area contributed by atoms with Crippen molar-refractivity contribution in [3.8, 4) is 6.07 Å². The lowest BCUT2D eigenvalue weighted by Crippen LogP contribution is -2.41. The Balaban J connectivity index is 2.38. The van der Waals surface area contributed by atoms with E-state index in [4.69, 9.17) is 39.8 Å². The number of nitrogens with zero attached hydrogens (tertiary/aromatic N) is 5. The van der Waals surface area contributed by atoms with Gasteiger partial charge in [0, 0.05) is 25.2 Å². The SMILES string of the molecule is [C-]#[N+]CCOP(OC1[C@@H](CC)O[C@@H](n2ccc(NC(C)=O)nc2=O)[C@H]1OCOCOCCC#N)N(C(C)C)C(C)C. The van der Waals surface area contributed by atoms with Crippen LogP contribution in [0.4, 0.5) is 5.82 Å². The molecule has 0 bridgehead atoms. The molecule has 5 atom stereocenters. The maximum atomic E-state index is 13.0. The van der Waals surface area contributed by atoms with Crippen LogP contribution in [0, 0.1) is 17.9 Å². The van der Waals surface area contributed by atoms with Crippen molar-refractivity contribution in [1.82, 2.24) is 14.2 Å². The summed E-state index contributed by atoms with van der Waals surface area (Å²) in [5.41, 5.74) is -0.646. The Bertz CT molecular complexity index is 1080. The topological polar surface area (TPSA) is 151 Å². The van der Waals surface area contributed by atoms with Crippen LogP contribution in [0.2, 0.25) is 0 Å². The van der Waals surface area contributed by atoms with Crippen molar-refractivity contribution >= 4 is 20.3 Å². The van der Waals surface area contributed by atoms with Gasteiger partial charge in [0.1, 0.15) is 38.2 Å². The monoisotopic (exact) mass is 596 g/mol. The molecule has 1 N–H and O–H groups in total. The van der Waals surface area contributed by atoms with Crippen LogP contribution in [0.5, 0.6) is 0 Å². The molecule has 1 aromatic heterocycles. The number of ether oxygens (including phenoxy) is 4. The number of carbonyl (C=O) groups is 1. The van der Waals surface area contributed by atoms with E-state index in [1.54, 1.807) is 0 Å². The molecule has 1 aromatic rings. The van der Waals surface area contributed by atoms with E-state index in [1.165, 1.54) is 23.8 Å². The van der Waals surface area contributed by atoms with Crippen molar-refractivity contribution in [3.63, 3.8) is 0 Å². The normalized spacial score (nSPS) is 21.2. The number of aromatic nitrogens is 2. The quantitative estimate of drug-likeness (QED) is 0.115. The van der Waals surface area contributed by atoms with Gasteiger partial charge in [-0.05, 0) is 40.2 Å². The van der Waals surface area contributed by atoms with E-state index < -0.39 is 38.8 Å². The Morgan fingerprint density at radius 1 is 1.27 bits per heavy atom. The van der Waals surface area contributed by atoms with Gasteiger partial charge in [-0.15, -0.1) is 0 Å². The van der Waals surface area contributed by atoms with E-state index in [0.29, 0.717) is 6.42 Å². The van der Waals surface area contributed by atoms with Crippen molar-refractivity contribution in [2.24, 2.45) is 0 Å². The Morgan fingerprint density at radius 2 is 2.00 bits per heavy atom. The number of amides is 1. The Hall–Kier alpha value is -2.52. The molecule has 41 heavy (non-hydrogen) atoms. The summed E-state index contributed by atoms with van der Waals surface area (Å²) in [4.78, 5) is 31.8. The summed E-state index contributed by atoms with van der Waals surface area (Å²) in [7, 11) is -1.64. The lowest BCUT2D eigenvalue weighted by molar-refractivity contribution is -0.174. The summed E-state index contributed by atoms with van der Waals surface area (Å²) in [6, 6.07) is 3.64. The Labute approximate surface area is 242 Å². The maximum absolute atomic E-state index is 13.0. The molecule has 1 aliphatic heterocycles. The molecule has 0 spiro atoms. The summed E-state index contributed by atoms with van der Waals surface area (Å²) in [6.45, 7) is 18.9. The van der Waals surface area contributed by atoms with Crippen molar-refractivity contribution in [3.05, 3.63) is 34.2 Å². The summed E-state index contributed by atoms with van der Waals surface area (Å²) >= 11 is 0. The lowest BCUT2D eigenvalue weighted by atomic mass is 10.1. The fourth-order valence-electron chi connectivity index (χ4n) is 4.21. The molecule has 1 fully saturated rings. The van der Waals surface area contributed by atoms with Gasteiger partial charge in [0.2, 0.25) is 12.5 Å². The average Bonchev–Trinajstić information content (AvgIpc) is 3.24. The van der Waals surface area contributed by atoms with Crippen LogP contribution in [-0.4, -0.2) is 83.9 Å². The van der Waals surface area contributed by atoms with E-state index in [2.05, 4.69) is 19.8 Å². The zero-order valence-corrected chi connectivity index (χ0v) is 25.4. The highest BCUT2D eigenvalue weighted by atomic mass is 31.2. The molecule has 0 radical (unpaired) electrons. The fraction of sp³-hybridized carbons (Fsp3) is 0.731. The lowest BCUT2D eigenvalue weighted by Gasteiger charge is -2.38. The molecule has 1 amide bonds. The molecule has 15 heteroatoms. The molecule has 2 unspecified atom stereocenters. The number of nitrogens with one attached hydrogen (secondary N) is 1.